The van der Waals surface area contributed by atoms with Gasteiger partial charge in [0.2, 0.25) is 5.76 Å². The van der Waals surface area contributed by atoms with Crippen LogP contribution in [0.1, 0.15) is 16.9 Å². The second-order valence-electron chi connectivity index (χ2n) is 5.31. The molecule has 0 unspecified atom stereocenters. The first-order chi connectivity index (χ1) is 11.4. The summed E-state index contributed by atoms with van der Waals surface area (Å²) in [5.74, 6) is -0.947. The van der Waals surface area contributed by atoms with Crippen LogP contribution in [0.2, 0.25) is 0 Å². The van der Waals surface area contributed by atoms with Crippen molar-refractivity contribution in [1.29, 1.82) is 0 Å². The maximum absolute atomic E-state index is 12.8. The van der Waals surface area contributed by atoms with Crippen LogP contribution in [0.5, 0.6) is 5.75 Å². The van der Waals surface area contributed by atoms with Gasteiger partial charge in [0, 0.05) is 11.6 Å². The SMILES string of the molecule is Cc1c(OCc2ccccc2)ccc2c(=O)cc(C(F)(F)F)oc12. The molecule has 0 fully saturated rings. The number of benzene rings is 2. The normalized spacial score (nSPS) is 11.7. The summed E-state index contributed by atoms with van der Waals surface area (Å²) in [6.45, 7) is 1.82. The average Bonchev–Trinajstić information content (AvgIpc) is 2.54. The van der Waals surface area contributed by atoms with E-state index in [1.807, 2.05) is 30.3 Å². The van der Waals surface area contributed by atoms with E-state index in [9.17, 15) is 18.0 Å². The molecule has 1 aromatic heterocycles. The number of halogens is 3. The summed E-state index contributed by atoms with van der Waals surface area (Å²) < 4.78 is 49.1. The van der Waals surface area contributed by atoms with Crippen LogP contribution in [-0.4, -0.2) is 0 Å². The average molecular weight is 334 g/mol. The minimum absolute atomic E-state index is 0.0903. The lowest BCUT2D eigenvalue weighted by atomic mass is 10.1. The van der Waals surface area contributed by atoms with E-state index >= 15 is 0 Å². The Morgan fingerprint density at radius 1 is 1.08 bits per heavy atom. The van der Waals surface area contributed by atoms with Gasteiger partial charge in [-0.2, -0.15) is 13.2 Å². The zero-order valence-electron chi connectivity index (χ0n) is 12.7. The summed E-state index contributed by atoms with van der Waals surface area (Å²) in [4.78, 5) is 11.9. The van der Waals surface area contributed by atoms with E-state index in [4.69, 9.17) is 9.15 Å². The van der Waals surface area contributed by atoms with Crippen molar-refractivity contribution in [2.24, 2.45) is 0 Å². The van der Waals surface area contributed by atoms with Crippen molar-refractivity contribution < 1.29 is 22.3 Å². The number of rotatable bonds is 3. The number of ether oxygens (including phenoxy) is 1. The molecule has 3 nitrogen and oxygen atoms in total. The molecular formula is C18H13F3O3. The number of fused-ring (bicyclic) bond motifs is 1. The van der Waals surface area contributed by atoms with E-state index in [-0.39, 0.29) is 17.6 Å². The first-order valence-corrected chi connectivity index (χ1v) is 7.17. The van der Waals surface area contributed by atoms with Gasteiger partial charge in [-0.25, -0.2) is 0 Å². The molecule has 0 spiro atoms. The molecule has 0 bridgehead atoms. The maximum Gasteiger partial charge on any atom is 0.449 e. The van der Waals surface area contributed by atoms with Crippen molar-refractivity contribution in [3.05, 3.63) is 75.6 Å². The van der Waals surface area contributed by atoms with E-state index in [0.29, 0.717) is 17.4 Å². The first-order valence-electron chi connectivity index (χ1n) is 7.17. The largest absolute Gasteiger partial charge is 0.488 e. The first kappa shape index (κ1) is 16.1. The van der Waals surface area contributed by atoms with E-state index in [1.54, 1.807) is 13.0 Å². The van der Waals surface area contributed by atoms with Crippen LogP contribution >= 0.6 is 0 Å². The predicted molar refractivity (Wildman–Crippen MR) is 83.0 cm³/mol. The second-order valence-corrected chi connectivity index (χ2v) is 5.31. The Hall–Kier alpha value is -2.76. The fourth-order valence-electron chi connectivity index (χ4n) is 2.37. The quantitative estimate of drug-likeness (QED) is 0.697. The molecule has 0 aliphatic carbocycles. The topological polar surface area (TPSA) is 39.4 Å². The highest BCUT2D eigenvalue weighted by atomic mass is 19.4. The lowest BCUT2D eigenvalue weighted by molar-refractivity contribution is -0.152. The molecule has 0 N–H and O–H groups in total. The molecule has 2 aromatic carbocycles. The van der Waals surface area contributed by atoms with Crippen molar-refractivity contribution in [2.45, 2.75) is 19.7 Å². The van der Waals surface area contributed by atoms with Gasteiger partial charge in [-0.1, -0.05) is 30.3 Å². The van der Waals surface area contributed by atoms with Gasteiger partial charge in [-0.15, -0.1) is 0 Å². The summed E-state index contributed by atoms with van der Waals surface area (Å²) in [6, 6.07) is 12.8. The monoisotopic (exact) mass is 334 g/mol. The molecular weight excluding hydrogens is 321 g/mol. The third-order valence-electron chi connectivity index (χ3n) is 3.61. The molecule has 3 aromatic rings. The molecule has 0 aliphatic heterocycles. The predicted octanol–water partition coefficient (Wildman–Crippen LogP) is 4.70. The highest BCUT2D eigenvalue weighted by Crippen LogP contribution is 2.33. The maximum atomic E-state index is 12.8. The third-order valence-corrected chi connectivity index (χ3v) is 3.61. The van der Waals surface area contributed by atoms with Crippen LogP contribution in [0.15, 0.2) is 57.7 Å². The summed E-state index contributed by atoms with van der Waals surface area (Å²) in [6.07, 6.45) is -4.72. The Morgan fingerprint density at radius 2 is 1.79 bits per heavy atom. The second kappa shape index (κ2) is 6.03. The fraction of sp³-hybridized carbons (Fsp3) is 0.167. The van der Waals surface area contributed by atoms with Crippen molar-refractivity contribution in [2.75, 3.05) is 0 Å². The van der Waals surface area contributed by atoms with E-state index < -0.39 is 17.4 Å². The fourth-order valence-corrected chi connectivity index (χ4v) is 2.37. The van der Waals surface area contributed by atoms with Crippen molar-refractivity contribution in [3.63, 3.8) is 0 Å². The molecule has 0 aliphatic rings. The van der Waals surface area contributed by atoms with Crippen molar-refractivity contribution >= 4 is 11.0 Å². The summed E-state index contributed by atoms with van der Waals surface area (Å²) in [7, 11) is 0. The molecule has 0 saturated heterocycles. The lowest BCUT2D eigenvalue weighted by Crippen LogP contribution is -2.11. The summed E-state index contributed by atoms with van der Waals surface area (Å²) in [5.41, 5.74) is 0.427. The molecule has 0 saturated carbocycles. The number of aryl methyl sites for hydroxylation is 1. The van der Waals surface area contributed by atoms with Gasteiger partial charge in [0.15, 0.2) is 5.43 Å². The minimum atomic E-state index is -4.72. The van der Waals surface area contributed by atoms with Gasteiger partial charge in [0.25, 0.3) is 0 Å². The molecule has 3 rings (SSSR count). The Balaban J connectivity index is 2.01. The van der Waals surface area contributed by atoms with Gasteiger partial charge in [-0.3, -0.25) is 4.79 Å². The Labute approximate surface area is 135 Å². The smallest absolute Gasteiger partial charge is 0.449 e. The molecule has 0 amide bonds. The highest BCUT2D eigenvalue weighted by Gasteiger charge is 2.35. The Morgan fingerprint density at radius 3 is 2.46 bits per heavy atom. The van der Waals surface area contributed by atoms with Gasteiger partial charge >= 0.3 is 6.18 Å². The summed E-state index contributed by atoms with van der Waals surface area (Å²) in [5, 5.41) is 0.0903. The molecule has 24 heavy (non-hydrogen) atoms. The van der Waals surface area contributed by atoms with Crippen LogP contribution in [0, 0.1) is 6.92 Å². The standard InChI is InChI=1S/C18H13F3O3/c1-11-15(23-10-12-5-3-2-4-6-12)8-7-13-14(22)9-16(18(19,20)21)24-17(11)13/h2-9H,10H2,1H3. The molecule has 6 heteroatoms. The molecule has 0 radical (unpaired) electrons. The van der Waals surface area contributed by atoms with E-state index in [2.05, 4.69) is 0 Å². The van der Waals surface area contributed by atoms with Gasteiger partial charge < -0.3 is 9.15 Å². The van der Waals surface area contributed by atoms with Gasteiger partial charge in [-0.05, 0) is 24.6 Å². The van der Waals surface area contributed by atoms with Crippen molar-refractivity contribution in [1.82, 2.24) is 0 Å². The van der Waals surface area contributed by atoms with E-state index in [0.717, 1.165) is 5.56 Å². The van der Waals surface area contributed by atoms with Crippen LogP contribution in [0.4, 0.5) is 13.2 Å². The number of alkyl halides is 3. The van der Waals surface area contributed by atoms with Crippen LogP contribution in [-0.2, 0) is 12.8 Å². The van der Waals surface area contributed by atoms with Crippen LogP contribution in [0.3, 0.4) is 0 Å². The van der Waals surface area contributed by atoms with Gasteiger partial charge in [0.1, 0.15) is 17.9 Å². The van der Waals surface area contributed by atoms with Crippen LogP contribution in [0.25, 0.3) is 11.0 Å². The Bertz CT molecular complexity index is 928. The van der Waals surface area contributed by atoms with E-state index in [1.165, 1.54) is 6.07 Å². The third kappa shape index (κ3) is 3.13. The van der Waals surface area contributed by atoms with Gasteiger partial charge in [0.05, 0.1) is 5.39 Å². The zero-order valence-corrected chi connectivity index (χ0v) is 12.7. The molecule has 124 valence electrons. The summed E-state index contributed by atoms with van der Waals surface area (Å²) >= 11 is 0. The number of hydrogen-bond donors (Lipinski definition) is 0. The minimum Gasteiger partial charge on any atom is -0.488 e. The number of hydrogen-bond acceptors (Lipinski definition) is 3. The Kier molecular flexibility index (Phi) is 4.05. The lowest BCUT2D eigenvalue weighted by Gasteiger charge is -2.12. The van der Waals surface area contributed by atoms with Crippen molar-refractivity contribution in [3.8, 4) is 5.75 Å². The molecule has 0 atom stereocenters. The molecule has 1 heterocycles. The highest BCUT2D eigenvalue weighted by molar-refractivity contribution is 5.81. The zero-order chi connectivity index (χ0) is 17.3. The van der Waals surface area contributed by atoms with Crippen LogP contribution < -0.4 is 10.2 Å².